The predicted octanol–water partition coefficient (Wildman–Crippen LogP) is 16.8. The van der Waals surface area contributed by atoms with E-state index in [9.17, 15) is 52.3 Å². The van der Waals surface area contributed by atoms with E-state index in [4.69, 9.17) is 63.1 Å². The maximum absolute atomic E-state index is 14.2. The summed E-state index contributed by atoms with van der Waals surface area (Å²) < 4.78 is 45.8. The average molecular weight is 1910 g/mol. The highest BCUT2D eigenvalue weighted by atomic mass is 35.5. The maximum atomic E-state index is 14.2. The largest absolute Gasteiger partial charge is 0.497 e. The molecule has 5 heterocycles. The minimum absolute atomic E-state index is 0.0326. The maximum Gasteiger partial charge on any atom is 0.258 e. The van der Waals surface area contributed by atoms with E-state index >= 15 is 0 Å². The second kappa shape index (κ2) is 56.8. The number of ketones is 5. The predicted molar refractivity (Wildman–Crippen MR) is 534 cm³/mol. The number of nitrogens with two attached hydrogens (primary N) is 2. The van der Waals surface area contributed by atoms with Crippen molar-refractivity contribution in [3.05, 3.63) is 308 Å². The van der Waals surface area contributed by atoms with E-state index in [1.54, 1.807) is 182 Å². The molecule has 0 aromatic heterocycles. The second-order valence-electron chi connectivity index (χ2n) is 33.0. The number of benzene rings is 10. The molecule has 5 saturated heterocycles. The summed E-state index contributed by atoms with van der Waals surface area (Å²) in [5.74, 6) is -1.97. The summed E-state index contributed by atoms with van der Waals surface area (Å²) in [5, 5.41) is 15.1. The van der Waals surface area contributed by atoms with Crippen molar-refractivity contribution in [1.29, 1.82) is 0 Å². The number of ether oxygens (including phenoxy) is 6. The first-order valence-corrected chi connectivity index (χ1v) is 47.1. The normalized spacial score (nSPS) is 14.6. The summed E-state index contributed by atoms with van der Waals surface area (Å²) in [5.41, 5.74) is 19.4. The monoisotopic (exact) mass is 1910 g/mol. The fraction of sp³-hybridized carbons (Fsp3) is 0.340. The lowest BCUT2D eigenvalue weighted by molar-refractivity contribution is 0.0370. The first kappa shape index (κ1) is 105. The molecule has 0 spiro atoms. The van der Waals surface area contributed by atoms with Crippen molar-refractivity contribution in [1.82, 2.24) is 24.5 Å². The third-order valence-electron chi connectivity index (χ3n) is 23.2. The molecule has 0 bridgehead atoms. The summed E-state index contributed by atoms with van der Waals surface area (Å²) in [6, 6.07) is 66.1. The molecule has 0 unspecified atom stereocenters. The van der Waals surface area contributed by atoms with Crippen LogP contribution >= 0.6 is 23.2 Å². The van der Waals surface area contributed by atoms with Gasteiger partial charge in [0.25, 0.3) is 29.5 Å². The lowest BCUT2D eigenvalue weighted by Gasteiger charge is -2.26. The van der Waals surface area contributed by atoms with Crippen molar-refractivity contribution in [3.8, 4) is 5.75 Å². The van der Waals surface area contributed by atoms with Crippen LogP contribution in [0.5, 0.6) is 5.75 Å². The third-order valence-corrected chi connectivity index (χ3v) is 23.7. The zero-order chi connectivity index (χ0) is 96.9. The van der Waals surface area contributed by atoms with Gasteiger partial charge in [-0.3, -0.25) is 72.4 Å². The summed E-state index contributed by atoms with van der Waals surface area (Å²) in [7, 11) is 1.43. The van der Waals surface area contributed by atoms with Gasteiger partial charge in [0, 0.05) is 175 Å². The number of anilines is 7. The van der Waals surface area contributed by atoms with Crippen LogP contribution in [0.1, 0.15) is 168 Å². The molecule has 137 heavy (non-hydrogen) atoms. The SMILES string of the molecule is COc1ccc(C(=O)Nc2ccccc2C(=O)CCCN2CCOCC2)c(F)c1.Nc1ccc(C(=O)Nc2ccccc2C(=O)CCCN2CCOCC2)cc1.Nc1cccc(C(=O)Nc2ccccc2C(=O)CCCN2CCOCC2)c1.O=C(Nc1ccccc1C(=O)CCCN1CCOCC1)c1ccc(Cl)cc1.O=C(Nc1ccccc1C(=O)CCCN1CCOCC1)c1cccc(Cl)c1. The Morgan fingerprint density at radius 1 is 0.292 bits per heavy atom. The minimum atomic E-state index is -0.684. The Hall–Kier alpha value is -12.6. The number of amides is 5. The number of para-hydroxylation sites is 5. The van der Waals surface area contributed by atoms with Crippen LogP contribution in [0.3, 0.4) is 0 Å². The van der Waals surface area contributed by atoms with E-state index in [0.717, 1.165) is 202 Å². The smallest absolute Gasteiger partial charge is 0.258 e. The van der Waals surface area contributed by atoms with Crippen LogP contribution in [0.4, 0.5) is 44.2 Å². The molecule has 28 nitrogen and oxygen atoms in total. The number of nitrogens with zero attached hydrogens (tertiary/aromatic N) is 5. The molecule has 10 aromatic rings. The Bertz CT molecular complexity index is 5360. The lowest BCUT2D eigenvalue weighted by Crippen LogP contribution is -2.36. The highest BCUT2D eigenvalue weighted by Crippen LogP contribution is 2.28. The van der Waals surface area contributed by atoms with Crippen LogP contribution in [0.2, 0.25) is 10.0 Å². The van der Waals surface area contributed by atoms with Crippen molar-refractivity contribution in [2.45, 2.75) is 64.2 Å². The molecule has 15 rings (SSSR count). The Morgan fingerprint density at radius 3 is 0.861 bits per heavy atom. The van der Waals surface area contributed by atoms with Gasteiger partial charge in [-0.05, 0) is 223 Å². The molecule has 5 aliphatic heterocycles. The number of hydrogen-bond donors (Lipinski definition) is 7. The Labute approximate surface area is 809 Å². The molecule has 10 aromatic carbocycles. The summed E-state index contributed by atoms with van der Waals surface area (Å²) >= 11 is 11.8. The van der Waals surface area contributed by atoms with Gasteiger partial charge in [0.05, 0.1) is 107 Å². The Morgan fingerprint density at radius 2 is 0.569 bits per heavy atom. The van der Waals surface area contributed by atoms with Gasteiger partial charge >= 0.3 is 0 Å². The number of nitrogen functional groups attached to an aromatic ring is 2. The number of morpholine rings is 5. The van der Waals surface area contributed by atoms with Crippen molar-refractivity contribution in [2.24, 2.45) is 0 Å². The van der Waals surface area contributed by atoms with Gasteiger partial charge in [-0.2, -0.15) is 0 Å². The topological polar surface area (TPSA) is 354 Å². The van der Waals surface area contributed by atoms with E-state index in [2.05, 4.69) is 51.1 Å². The highest BCUT2D eigenvalue weighted by molar-refractivity contribution is 6.31. The van der Waals surface area contributed by atoms with Crippen molar-refractivity contribution >= 4 is 121 Å². The first-order valence-electron chi connectivity index (χ1n) is 46.4. The molecule has 5 fully saturated rings. The van der Waals surface area contributed by atoms with Crippen molar-refractivity contribution in [2.75, 3.05) is 209 Å². The van der Waals surface area contributed by atoms with Gasteiger partial charge in [-0.1, -0.05) is 96.0 Å². The van der Waals surface area contributed by atoms with Crippen LogP contribution in [0, 0.1) is 5.82 Å². The van der Waals surface area contributed by atoms with Gasteiger partial charge in [0.2, 0.25) is 0 Å². The van der Waals surface area contributed by atoms with E-state index in [1.165, 1.54) is 19.2 Å². The molecular formula is C106H121Cl2FN12O16. The van der Waals surface area contributed by atoms with Gasteiger partial charge in [-0.25, -0.2) is 4.39 Å². The average Bonchev–Trinajstić information content (AvgIpc) is 0.791. The van der Waals surface area contributed by atoms with Crippen LogP contribution in [0.15, 0.2) is 237 Å². The fourth-order valence-corrected chi connectivity index (χ4v) is 15.9. The molecule has 9 N–H and O–H groups in total. The summed E-state index contributed by atoms with van der Waals surface area (Å²) in [6.45, 7) is 21.0. The fourth-order valence-electron chi connectivity index (χ4n) is 15.6. The number of Topliss-reactive ketones (excluding diaryl/α,β-unsaturated/α-hetero) is 5. The molecule has 722 valence electrons. The molecule has 0 saturated carbocycles. The number of carbonyl (C=O) groups is 10. The molecule has 5 amide bonds. The summed E-state index contributed by atoms with van der Waals surface area (Å²) in [6.07, 6.45) is 6.06. The van der Waals surface area contributed by atoms with E-state index in [-0.39, 0.29) is 58.1 Å². The molecule has 0 atom stereocenters. The lowest BCUT2D eigenvalue weighted by atomic mass is 10.0. The summed E-state index contributed by atoms with van der Waals surface area (Å²) in [4.78, 5) is 137. The van der Waals surface area contributed by atoms with Gasteiger partial charge < -0.3 is 66.5 Å². The van der Waals surface area contributed by atoms with E-state index in [1.807, 2.05) is 36.4 Å². The van der Waals surface area contributed by atoms with Crippen LogP contribution in [-0.2, 0) is 23.7 Å². The Kier molecular flexibility index (Phi) is 43.5. The van der Waals surface area contributed by atoms with Crippen LogP contribution in [0.25, 0.3) is 0 Å². The molecule has 31 heteroatoms. The zero-order valence-corrected chi connectivity index (χ0v) is 78.8. The third kappa shape index (κ3) is 35.2. The minimum Gasteiger partial charge on any atom is -0.497 e. The standard InChI is InChI=1S/C22H25FN2O4.2C21H23ClN2O3.2C21H25N3O3/c1-28-16-8-9-17(19(23)15-16)22(27)24-20-6-3-2-5-18(20)21(26)7-4-10-25-11-13-29-14-12-25;22-17-6-3-5-16(15-17)21(26)23-19-8-2-1-7-18(19)20(25)9-4-10-24-11-13-27-14-12-24;22-17-9-7-16(8-10-17)21(26)23-19-5-2-1-4-18(19)20(25)6-3-11-24-12-14-27-15-13-24;22-17-6-3-5-16(15-17)21(26)23-19-8-2-1-7-18(19)20(25)9-4-10-24-11-13-27-14-12-24;22-17-9-7-16(8-10-17)21(26)23-19-5-2-1-4-18(19)20(25)6-3-11-24-12-14-27-15-13-24/h2-3,5-6,8-9,15H,4,7,10-14H2,1H3,(H,24,27);1-3,5-8,15H,4,9-14H2,(H,23,26);1-2,4-5,7-10H,3,6,11-15H2,(H,23,26);1-3,5-8,15H,4,9-14,22H2,(H,23,26);1-2,4-5,7-10H,3,6,11-15,22H2,(H,23,26). The molecular weight excluding hydrogens is 1790 g/mol. The van der Waals surface area contributed by atoms with Crippen molar-refractivity contribution in [3.63, 3.8) is 0 Å². The van der Waals surface area contributed by atoms with E-state index in [0.29, 0.717) is 138 Å². The van der Waals surface area contributed by atoms with Gasteiger partial charge in [0.1, 0.15) is 11.6 Å². The second-order valence-corrected chi connectivity index (χ2v) is 33.9. The molecule has 5 aliphatic rings. The number of methoxy groups -OCH3 is 1. The van der Waals surface area contributed by atoms with E-state index < -0.39 is 11.7 Å². The van der Waals surface area contributed by atoms with Crippen LogP contribution < -0.4 is 42.8 Å². The number of rotatable bonds is 36. The number of halogens is 3. The van der Waals surface area contributed by atoms with Crippen LogP contribution in [-0.4, -0.2) is 254 Å². The van der Waals surface area contributed by atoms with Crippen molar-refractivity contribution < 1.29 is 80.8 Å². The van der Waals surface area contributed by atoms with Gasteiger partial charge in [-0.15, -0.1) is 0 Å². The number of hydrogen-bond acceptors (Lipinski definition) is 23. The van der Waals surface area contributed by atoms with Gasteiger partial charge in [0.15, 0.2) is 28.9 Å². The number of nitrogens with one attached hydrogen (secondary N) is 5. The Balaban J connectivity index is 0.000000164. The quantitative estimate of drug-likeness (QED) is 0.0142. The molecule has 0 radical (unpaired) electrons. The molecule has 0 aliphatic carbocycles. The number of carbonyl (C=O) groups excluding carboxylic acids is 10. The highest BCUT2D eigenvalue weighted by Gasteiger charge is 2.25. The first-order chi connectivity index (χ1) is 66.6. The zero-order valence-electron chi connectivity index (χ0n) is 77.3.